The number of alkyl halides is 2. The lowest BCUT2D eigenvalue weighted by molar-refractivity contribution is -0.142. The third-order valence-electron chi connectivity index (χ3n) is 5.07. The molecule has 3 unspecified atom stereocenters. The van der Waals surface area contributed by atoms with E-state index in [1.54, 1.807) is 0 Å². The summed E-state index contributed by atoms with van der Waals surface area (Å²) in [7, 11) is -4.73. The topological polar surface area (TPSA) is 91.8 Å². The van der Waals surface area contributed by atoms with E-state index in [9.17, 15) is 31.9 Å². The molecular weight excluding hydrogens is 356 g/mol. The molecule has 1 aromatic carbocycles. The zero-order valence-corrected chi connectivity index (χ0v) is 14.0. The quantitative estimate of drug-likeness (QED) is 0.872. The first kappa shape index (κ1) is 17.8. The Morgan fingerprint density at radius 3 is 2.36 bits per heavy atom. The molecule has 3 atom stereocenters. The number of carbonyl (C=O) groups is 2. The van der Waals surface area contributed by atoms with Gasteiger partial charge in [-0.05, 0) is 48.9 Å². The van der Waals surface area contributed by atoms with Gasteiger partial charge < -0.3 is 10.0 Å². The standard InChI is InChI=1S/C16H17F2NO5S/c17-16(18)25(23,24)11-6-4-9(5-7-11)14(20)19-8-10-2-1-3-12(10)13(19)15(21)22/h4-7,10,12-13,16H,1-3,8H2,(H,21,22). The second kappa shape index (κ2) is 6.36. The summed E-state index contributed by atoms with van der Waals surface area (Å²) in [6, 6.07) is 3.28. The largest absolute Gasteiger partial charge is 0.480 e. The van der Waals surface area contributed by atoms with Crippen molar-refractivity contribution in [2.75, 3.05) is 6.54 Å². The van der Waals surface area contributed by atoms with E-state index in [1.807, 2.05) is 0 Å². The second-order valence-corrected chi connectivity index (χ2v) is 8.34. The number of aliphatic carboxylic acids is 1. The van der Waals surface area contributed by atoms with Crippen molar-refractivity contribution in [3.05, 3.63) is 29.8 Å². The normalized spacial score (nSPS) is 26.0. The fourth-order valence-electron chi connectivity index (χ4n) is 3.89. The van der Waals surface area contributed by atoms with Gasteiger partial charge >= 0.3 is 11.7 Å². The van der Waals surface area contributed by atoms with Gasteiger partial charge in [0.15, 0.2) is 0 Å². The molecular formula is C16H17F2NO5S. The Balaban J connectivity index is 1.85. The maximum absolute atomic E-state index is 12.7. The van der Waals surface area contributed by atoms with Gasteiger partial charge in [0, 0.05) is 12.1 Å². The minimum atomic E-state index is -4.73. The van der Waals surface area contributed by atoms with Crippen molar-refractivity contribution < 1.29 is 31.9 Å². The Hall–Kier alpha value is -2.03. The number of rotatable bonds is 4. The highest BCUT2D eigenvalue weighted by atomic mass is 32.2. The van der Waals surface area contributed by atoms with E-state index in [0.717, 1.165) is 43.5 Å². The molecule has 0 aromatic heterocycles. The highest BCUT2D eigenvalue weighted by Crippen LogP contribution is 2.42. The molecule has 1 saturated heterocycles. The molecule has 2 fully saturated rings. The average molecular weight is 373 g/mol. The number of hydrogen-bond acceptors (Lipinski definition) is 4. The second-order valence-electron chi connectivity index (χ2n) is 6.43. The predicted octanol–water partition coefficient (Wildman–Crippen LogP) is 2.01. The lowest BCUT2D eigenvalue weighted by atomic mass is 9.94. The van der Waals surface area contributed by atoms with E-state index in [1.165, 1.54) is 4.90 Å². The van der Waals surface area contributed by atoms with Crippen LogP contribution in [0.4, 0.5) is 8.78 Å². The SMILES string of the molecule is O=C(O)C1C2CCCC2CN1C(=O)c1ccc(S(=O)(=O)C(F)F)cc1. The van der Waals surface area contributed by atoms with Crippen LogP contribution in [0.5, 0.6) is 0 Å². The Morgan fingerprint density at radius 2 is 1.80 bits per heavy atom. The summed E-state index contributed by atoms with van der Waals surface area (Å²) in [6.07, 6.45) is 2.59. The van der Waals surface area contributed by atoms with Crippen molar-refractivity contribution in [1.29, 1.82) is 0 Å². The maximum Gasteiger partial charge on any atom is 0.341 e. The number of sulfone groups is 1. The molecule has 25 heavy (non-hydrogen) atoms. The molecule has 0 radical (unpaired) electrons. The maximum atomic E-state index is 12.7. The summed E-state index contributed by atoms with van der Waals surface area (Å²) in [4.78, 5) is 25.0. The van der Waals surface area contributed by atoms with E-state index in [4.69, 9.17) is 0 Å². The van der Waals surface area contributed by atoms with E-state index >= 15 is 0 Å². The van der Waals surface area contributed by atoms with Gasteiger partial charge in [0.2, 0.25) is 9.84 Å². The summed E-state index contributed by atoms with van der Waals surface area (Å²) < 4.78 is 47.9. The molecule has 1 aromatic rings. The summed E-state index contributed by atoms with van der Waals surface area (Å²) in [5.41, 5.74) is 0.0828. The number of fused-ring (bicyclic) bond motifs is 1. The van der Waals surface area contributed by atoms with Crippen LogP contribution in [0.15, 0.2) is 29.2 Å². The minimum absolute atomic E-state index is 0.0695. The first-order valence-electron chi connectivity index (χ1n) is 7.89. The lowest BCUT2D eigenvalue weighted by Gasteiger charge is -2.24. The third-order valence-corrected chi connectivity index (χ3v) is 6.47. The summed E-state index contributed by atoms with van der Waals surface area (Å²) in [6.45, 7) is 0.345. The monoisotopic (exact) mass is 373 g/mol. The number of carboxylic acid groups (broad SMARTS) is 1. The van der Waals surface area contributed by atoms with Gasteiger partial charge in [0.1, 0.15) is 6.04 Å². The lowest BCUT2D eigenvalue weighted by Crippen LogP contribution is -2.43. The predicted molar refractivity (Wildman–Crippen MR) is 82.9 cm³/mol. The van der Waals surface area contributed by atoms with Gasteiger partial charge in [-0.25, -0.2) is 13.2 Å². The molecule has 3 rings (SSSR count). The van der Waals surface area contributed by atoms with Crippen LogP contribution in [0, 0.1) is 11.8 Å². The molecule has 1 saturated carbocycles. The fraction of sp³-hybridized carbons (Fsp3) is 0.500. The van der Waals surface area contributed by atoms with Crippen LogP contribution in [0.3, 0.4) is 0 Å². The van der Waals surface area contributed by atoms with Gasteiger partial charge in [0.25, 0.3) is 5.91 Å². The fourth-order valence-corrected chi connectivity index (χ4v) is 4.61. The number of halogens is 2. The van der Waals surface area contributed by atoms with E-state index in [0.29, 0.717) is 6.54 Å². The van der Waals surface area contributed by atoms with Gasteiger partial charge in [-0.3, -0.25) is 4.79 Å². The highest BCUT2D eigenvalue weighted by molar-refractivity contribution is 7.91. The molecule has 1 aliphatic carbocycles. The number of carboxylic acids is 1. The average Bonchev–Trinajstić information content (AvgIpc) is 3.14. The van der Waals surface area contributed by atoms with Crippen LogP contribution in [0.25, 0.3) is 0 Å². The van der Waals surface area contributed by atoms with Crippen LogP contribution in [-0.4, -0.2) is 48.6 Å². The van der Waals surface area contributed by atoms with Gasteiger partial charge in [-0.1, -0.05) is 6.42 Å². The van der Waals surface area contributed by atoms with Crippen LogP contribution < -0.4 is 0 Å². The number of nitrogens with zero attached hydrogens (tertiary/aromatic N) is 1. The molecule has 0 spiro atoms. The van der Waals surface area contributed by atoms with E-state index in [-0.39, 0.29) is 17.4 Å². The number of amides is 1. The summed E-state index contributed by atoms with van der Waals surface area (Å²) >= 11 is 0. The van der Waals surface area contributed by atoms with Crippen molar-refractivity contribution in [3.63, 3.8) is 0 Å². The Bertz CT molecular complexity index is 793. The van der Waals surface area contributed by atoms with Crippen LogP contribution >= 0.6 is 0 Å². The van der Waals surface area contributed by atoms with Gasteiger partial charge in [-0.15, -0.1) is 0 Å². The van der Waals surface area contributed by atoms with Gasteiger partial charge in [-0.2, -0.15) is 8.78 Å². The molecule has 136 valence electrons. The zero-order chi connectivity index (χ0) is 18.4. The smallest absolute Gasteiger partial charge is 0.341 e. The molecule has 1 aliphatic heterocycles. The van der Waals surface area contributed by atoms with Crippen LogP contribution in [-0.2, 0) is 14.6 Å². The van der Waals surface area contributed by atoms with Crippen molar-refractivity contribution >= 4 is 21.7 Å². The number of likely N-dealkylation sites (tertiary alicyclic amines) is 1. The highest BCUT2D eigenvalue weighted by Gasteiger charge is 2.49. The Labute approximate surface area is 143 Å². The van der Waals surface area contributed by atoms with Crippen molar-refractivity contribution in [3.8, 4) is 0 Å². The molecule has 2 aliphatic rings. The molecule has 0 bridgehead atoms. The zero-order valence-electron chi connectivity index (χ0n) is 13.1. The van der Waals surface area contributed by atoms with Crippen molar-refractivity contribution in [1.82, 2.24) is 4.90 Å². The van der Waals surface area contributed by atoms with Crippen LogP contribution in [0.2, 0.25) is 0 Å². The number of hydrogen-bond donors (Lipinski definition) is 1. The van der Waals surface area contributed by atoms with E-state index in [2.05, 4.69) is 0 Å². The van der Waals surface area contributed by atoms with Crippen molar-refractivity contribution in [2.45, 2.75) is 36.0 Å². The summed E-state index contributed by atoms with van der Waals surface area (Å²) in [5.74, 6) is -5.03. The first-order chi connectivity index (χ1) is 11.7. The minimum Gasteiger partial charge on any atom is -0.480 e. The molecule has 1 amide bonds. The third kappa shape index (κ3) is 3.01. The Morgan fingerprint density at radius 1 is 1.16 bits per heavy atom. The van der Waals surface area contributed by atoms with Crippen LogP contribution in [0.1, 0.15) is 29.6 Å². The molecule has 6 nitrogen and oxygen atoms in total. The molecule has 1 N–H and O–H groups in total. The van der Waals surface area contributed by atoms with Gasteiger partial charge in [0.05, 0.1) is 4.90 Å². The first-order valence-corrected chi connectivity index (χ1v) is 9.44. The Kier molecular flexibility index (Phi) is 4.52. The summed E-state index contributed by atoms with van der Waals surface area (Å²) in [5, 5.41) is 9.48. The number of carbonyl (C=O) groups excluding carboxylic acids is 1. The van der Waals surface area contributed by atoms with E-state index < -0.39 is 38.4 Å². The van der Waals surface area contributed by atoms with Crippen molar-refractivity contribution in [2.24, 2.45) is 11.8 Å². The molecule has 1 heterocycles. The number of benzene rings is 1. The molecule has 9 heteroatoms.